The Kier molecular flexibility index (Phi) is 3.38. The lowest BCUT2D eigenvalue weighted by Gasteiger charge is -1.97. The quantitative estimate of drug-likeness (QED) is 0.565. The van der Waals surface area contributed by atoms with Gasteiger partial charge in [0.2, 0.25) is 0 Å². The van der Waals surface area contributed by atoms with Crippen LogP contribution in [0, 0.1) is 6.92 Å². The summed E-state index contributed by atoms with van der Waals surface area (Å²) in [5.74, 6) is -0.842. The highest BCUT2D eigenvalue weighted by Gasteiger charge is 2.16. The molecule has 18 heavy (non-hydrogen) atoms. The Hall–Kier alpha value is -2.63. The van der Waals surface area contributed by atoms with Crippen molar-refractivity contribution in [3.8, 4) is 0 Å². The van der Waals surface area contributed by atoms with E-state index >= 15 is 0 Å². The minimum absolute atomic E-state index is 0.0974. The molecule has 0 aliphatic rings. The number of rotatable bonds is 4. The number of aromatic amines is 1. The Morgan fingerprint density at radius 3 is 2.83 bits per heavy atom. The van der Waals surface area contributed by atoms with Crippen molar-refractivity contribution >= 4 is 18.0 Å². The first-order valence-electron chi connectivity index (χ1n) is 5.31. The van der Waals surface area contributed by atoms with Crippen LogP contribution in [-0.2, 0) is 0 Å². The van der Waals surface area contributed by atoms with E-state index in [1.807, 2.05) is 30.3 Å². The summed E-state index contributed by atoms with van der Waals surface area (Å²) in [6.45, 7) is 1.64. The van der Waals surface area contributed by atoms with E-state index in [1.165, 1.54) is 0 Å². The molecule has 0 unspecified atom stereocenters. The Bertz CT molecular complexity index is 575. The van der Waals surface area contributed by atoms with Gasteiger partial charge in [0.05, 0.1) is 6.21 Å². The van der Waals surface area contributed by atoms with Crippen LogP contribution < -0.4 is 5.43 Å². The first-order chi connectivity index (χ1) is 8.68. The molecule has 0 fully saturated rings. The van der Waals surface area contributed by atoms with Crippen LogP contribution in [0.4, 0.5) is 5.82 Å². The van der Waals surface area contributed by atoms with Gasteiger partial charge in [0.25, 0.3) is 0 Å². The second-order valence-corrected chi connectivity index (χ2v) is 3.66. The van der Waals surface area contributed by atoms with Crippen molar-refractivity contribution in [2.24, 2.45) is 5.10 Å². The first kappa shape index (κ1) is 11.8. The molecule has 2 rings (SSSR count). The lowest BCUT2D eigenvalue weighted by Crippen LogP contribution is -2.02. The van der Waals surface area contributed by atoms with Gasteiger partial charge in [-0.3, -0.25) is 10.5 Å². The summed E-state index contributed by atoms with van der Waals surface area (Å²) < 4.78 is 0. The SMILES string of the molecule is Cc1[nH]nc(NN=Cc2ccccc2)c1C(=O)O. The normalized spacial score (nSPS) is 10.7. The number of carbonyl (C=O) groups is 1. The third-order valence-corrected chi connectivity index (χ3v) is 2.34. The number of hydrogen-bond acceptors (Lipinski definition) is 4. The number of hydrogen-bond donors (Lipinski definition) is 3. The summed E-state index contributed by atoms with van der Waals surface area (Å²) in [6, 6.07) is 9.47. The molecular weight excluding hydrogens is 232 g/mol. The number of H-pyrrole nitrogens is 1. The van der Waals surface area contributed by atoms with Crippen molar-refractivity contribution < 1.29 is 9.90 Å². The molecule has 2 aromatic rings. The lowest BCUT2D eigenvalue weighted by molar-refractivity contribution is 0.0697. The largest absolute Gasteiger partial charge is 0.477 e. The number of benzene rings is 1. The fourth-order valence-electron chi connectivity index (χ4n) is 1.48. The van der Waals surface area contributed by atoms with Gasteiger partial charge < -0.3 is 5.11 Å². The van der Waals surface area contributed by atoms with Gasteiger partial charge in [-0.15, -0.1) is 0 Å². The Morgan fingerprint density at radius 2 is 2.17 bits per heavy atom. The van der Waals surface area contributed by atoms with Gasteiger partial charge in [0.15, 0.2) is 5.82 Å². The first-order valence-corrected chi connectivity index (χ1v) is 5.31. The van der Waals surface area contributed by atoms with E-state index in [-0.39, 0.29) is 11.4 Å². The number of aromatic carboxylic acids is 1. The summed E-state index contributed by atoms with van der Waals surface area (Å²) in [5.41, 5.74) is 4.10. The molecule has 0 radical (unpaired) electrons. The maximum absolute atomic E-state index is 11.0. The van der Waals surface area contributed by atoms with Crippen molar-refractivity contribution in [3.05, 3.63) is 47.2 Å². The number of carboxylic acid groups (broad SMARTS) is 1. The van der Waals surface area contributed by atoms with E-state index in [0.717, 1.165) is 5.56 Å². The molecule has 0 aliphatic carbocycles. The Labute approximate surface area is 103 Å². The van der Waals surface area contributed by atoms with Crippen molar-refractivity contribution in [1.29, 1.82) is 0 Å². The van der Waals surface area contributed by atoms with Gasteiger partial charge in [0, 0.05) is 5.69 Å². The molecule has 1 heterocycles. The van der Waals surface area contributed by atoms with E-state index in [4.69, 9.17) is 5.11 Å². The lowest BCUT2D eigenvalue weighted by atomic mass is 10.2. The van der Waals surface area contributed by atoms with Gasteiger partial charge in [0.1, 0.15) is 5.56 Å². The van der Waals surface area contributed by atoms with Crippen molar-refractivity contribution in [1.82, 2.24) is 10.2 Å². The zero-order chi connectivity index (χ0) is 13.0. The van der Waals surface area contributed by atoms with Crippen LogP contribution in [0.15, 0.2) is 35.4 Å². The number of aromatic nitrogens is 2. The molecule has 0 saturated carbocycles. The van der Waals surface area contributed by atoms with E-state index in [2.05, 4.69) is 20.7 Å². The minimum Gasteiger partial charge on any atom is -0.477 e. The second kappa shape index (κ2) is 5.13. The number of nitrogens with one attached hydrogen (secondary N) is 2. The molecule has 0 bridgehead atoms. The molecule has 92 valence electrons. The van der Waals surface area contributed by atoms with E-state index in [0.29, 0.717) is 5.69 Å². The van der Waals surface area contributed by atoms with Crippen LogP contribution in [0.5, 0.6) is 0 Å². The molecule has 0 spiro atoms. The predicted octanol–water partition coefficient (Wildman–Crippen LogP) is 1.86. The Morgan fingerprint density at radius 1 is 1.44 bits per heavy atom. The molecule has 0 aliphatic heterocycles. The van der Waals surface area contributed by atoms with Gasteiger partial charge >= 0.3 is 5.97 Å². The van der Waals surface area contributed by atoms with Crippen molar-refractivity contribution in [2.45, 2.75) is 6.92 Å². The molecule has 1 aromatic heterocycles. The van der Waals surface area contributed by atoms with Crippen molar-refractivity contribution in [2.75, 3.05) is 5.43 Å². The number of aryl methyl sites for hydroxylation is 1. The van der Waals surface area contributed by atoms with Crippen LogP contribution in [0.3, 0.4) is 0 Å². The molecule has 3 N–H and O–H groups in total. The summed E-state index contributed by atoms with van der Waals surface area (Å²) in [6.07, 6.45) is 1.59. The van der Waals surface area contributed by atoms with Gasteiger partial charge in [-0.25, -0.2) is 4.79 Å². The van der Waals surface area contributed by atoms with E-state index in [9.17, 15) is 4.79 Å². The third-order valence-electron chi connectivity index (χ3n) is 2.34. The van der Waals surface area contributed by atoms with Gasteiger partial charge in [-0.1, -0.05) is 30.3 Å². The van der Waals surface area contributed by atoms with Crippen LogP contribution in [-0.4, -0.2) is 27.5 Å². The van der Waals surface area contributed by atoms with Crippen LogP contribution in [0.1, 0.15) is 21.6 Å². The average Bonchev–Trinajstić information content (AvgIpc) is 2.72. The van der Waals surface area contributed by atoms with Crippen LogP contribution in [0.25, 0.3) is 0 Å². The van der Waals surface area contributed by atoms with Crippen molar-refractivity contribution in [3.63, 3.8) is 0 Å². The summed E-state index contributed by atoms with van der Waals surface area (Å²) in [5, 5.41) is 19.4. The second-order valence-electron chi connectivity index (χ2n) is 3.66. The molecule has 6 heteroatoms. The number of hydrazone groups is 1. The van der Waals surface area contributed by atoms with Gasteiger partial charge in [-0.05, 0) is 12.5 Å². The summed E-state index contributed by atoms with van der Waals surface area (Å²) in [4.78, 5) is 11.0. The Balaban J connectivity index is 2.12. The molecule has 6 nitrogen and oxygen atoms in total. The molecule has 0 saturated heterocycles. The van der Waals surface area contributed by atoms with Crippen LogP contribution >= 0.6 is 0 Å². The highest BCUT2D eigenvalue weighted by atomic mass is 16.4. The molecule has 0 amide bonds. The maximum atomic E-state index is 11.0. The maximum Gasteiger partial charge on any atom is 0.341 e. The summed E-state index contributed by atoms with van der Waals surface area (Å²) >= 11 is 0. The number of carboxylic acids is 1. The average molecular weight is 244 g/mol. The third kappa shape index (κ3) is 2.54. The monoisotopic (exact) mass is 244 g/mol. The van der Waals surface area contributed by atoms with E-state index in [1.54, 1.807) is 13.1 Å². The fraction of sp³-hybridized carbons (Fsp3) is 0.0833. The number of nitrogens with zero attached hydrogens (tertiary/aromatic N) is 2. The van der Waals surface area contributed by atoms with E-state index < -0.39 is 5.97 Å². The standard InChI is InChI=1S/C12H12N4O2/c1-8-10(12(17)18)11(16-14-8)15-13-7-9-5-3-2-4-6-9/h2-7H,1H3,(H,17,18)(H2,14,15,16). The molecule has 1 aromatic carbocycles. The fourth-order valence-corrected chi connectivity index (χ4v) is 1.48. The highest BCUT2D eigenvalue weighted by Crippen LogP contribution is 2.15. The summed E-state index contributed by atoms with van der Waals surface area (Å²) in [7, 11) is 0. The van der Waals surface area contributed by atoms with Gasteiger partial charge in [-0.2, -0.15) is 10.2 Å². The zero-order valence-electron chi connectivity index (χ0n) is 9.71. The predicted molar refractivity (Wildman–Crippen MR) is 67.9 cm³/mol. The minimum atomic E-state index is -1.04. The molecule has 0 atom stereocenters. The van der Waals surface area contributed by atoms with Crippen LogP contribution in [0.2, 0.25) is 0 Å². The highest BCUT2D eigenvalue weighted by molar-refractivity contribution is 5.94. The topological polar surface area (TPSA) is 90.4 Å². The number of anilines is 1. The molecular formula is C12H12N4O2. The zero-order valence-corrected chi connectivity index (χ0v) is 9.71. The smallest absolute Gasteiger partial charge is 0.341 e.